The second-order valence-electron chi connectivity index (χ2n) is 3.51. The molecule has 1 heterocycles. The highest BCUT2D eigenvalue weighted by Gasteiger charge is 2.12. The van der Waals surface area contributed by atoms with Crippen LogP contribution in [0.25, 0.3) is 0 Å². The standard InChI is InChI=1S/C9H14N4O4/c1-2-3-4-5(8(15)16)10-6-7(14)11-9(17)13-12-6/h5H,2-4H2,1H3,(H,10,12)(H,15,16)(H2,11,13,14,17)/p-1/t5-/m0/s1. The molecule has 8 heteroatoms. The van der Waals surface area contributed by atoms with Crippen molar-refractivity contribution in [3.8, 4) is 0 Å². The Labute approximate surface area is 96.1 Å². The highest BCUT2D eigenvalue weighted by Crippen LogP contribution is 2.04. The number of carboxylic acid groups (broad SMARTS) is 1. The van der Waals surface area contributed by atoms with Crippen LogP contribution in [0.2, 0.25) is 0 Å². The lowest BCUT2D eigenvalue weighted by Crippen LogP contribution is -2.42. The summed E-state index contributed by atoms with van der Waals surface area (Å²) in [5.41, 5.74) is -1.52. The molecule has 17 heavy (non-hydrogen) atoms. The number of rotatable bonds is 6. The Bertz CT molecular complexity index is 492. The molecular weight excluding hydrogens is 228 g/mol. The number of carbonyl (C=O) groups excluding carboxylic acids is 1. The van der Waals surface area contributed by atoms with Crippen molar-refractivity contribution >= 4 is 11.8 Å². The molecule has 0 aliphatic heterocycles. The molecule has 0 unspecified atom stereocenters. The maximum absolute atomic E-state index is 11.3. The Morgan fingerprint density at radius 1 is 1.53 bits per heavy atom. The number of nitrogens with zero attached hydrogens (tertiary/aromatic N) is 1. The number of aliphatic carboxylic acids is 1. The minimum absolute atomic E-state index is 0.241. The van der Waals surface area contributed by atoms with Crippen LogP contribution in [-0.2, 0) is 4.79 Å². The van der Waals surface area contributed by atoms with Crippen molar-refractivity contribution < 1.29 is 9.90 Å². The van der Waals surface area contributed by atoms with Crippen LogP contribution in [0.15, 0.2) is 9.59 Å². The molecule has 1 atom stereocenters. The van der Waals surface area contributed by atoms with Gasteiger partial charge in [0.1, 0.15) is 0 Å². The summed E-state index contributed by atoms with van der Waals surface area (Å²) in [6.07, 6.45) is 1.81. The molecule has 0 spiro atoms. The fourth-order valence-electron chi connectivity index (χ4n) is 1.27. The molecule has 0 saturated carbocycles. The van der Waals surface area contributed by atoms with E-state index in [4.69, 9.17) is 0 Å². The molecule has 94 valence electrons. The molecule has 0 radical (unpaired) electrons. The Morgan fingerprint density at radius 3 is 2.76 bits per heavy atom. The molecule has 0 saturated heterocycles. The molecule has 0 amide bonds. The van der Waals surface area contributed by atoms with Crippen molar-refractivity contribution in [3.05, 3.63) is 20.8 Å². The van der Waals surface area contributed by atoms with Gasteiger partial charge in [-0.15, -0.1) is 5.10 Å². The normalized spacial score (nSPS) is 12.1. The average Bonchev–Trinajstić information content (AvgIpc) is 2.26. The van der Waals surface area contributed by atoms with E-state index in [0.717, 1.165) is 6.42 Å². The summed E-state index contributed by atoms with van der Waals surface area (Å²) in [4.78, 5) is 34.7. The fourth-order valence-corrected chi connectivity index (χ4v) is 1.27. The van der Waals surface area contributed by atoms with E-state index in [0.29, 0.717) is 12.8 Å². The number of hydrogen-bond donors (Lipinski definition) is 3. The van der Waals surface area contributed by atoms with Crippen LogP contribution < -0.4 is 21.7 Å². The van der Waals surface area contributed by atoms with E-state index in [9.17, 15) is 19.5 Å². The van der Waals surface area contributed by atoms with Crippen LogP contribution in [-0.4, -0.2) is 27.2 Å². The SMILES string of the molecule is CCCC[C@H](Nc1n[nH]c(=O)[nH]c1=O)C(=O)[O-]. The van der Waals surface area contributed by atoms with Gasteiger partial charge < -0.3 is 15.2 Å². The Kier molecular flexibility index (Phi) is 4.44. The topological polar surface area (TPSA) is 131 Å². The van der Waals surface area contributed by atoms with E-state index in [1.807, 2.05) is 17.0 Å². The van der Waals surface area contributed by atoms with Crippen LogP contribution in [0.5, 0.6) is 0 Å². The van der Waals surface area contributed by atoms with Gasteiger partial charge >= 0.3 is 5.69 Å². The van der Waals surface area contributed by atoms with Gasteiger partial charge in [0.2, 0.25) is 5.82 Å². The second kappa shape index (κ2) is 5.83. The van der Waals surface area contributed by atoms with Crippen molar-refractivity contribution in [1.82, 2.24) is 15.2 Å². The molecule has 0 fully saturated rings. The molecule has 1 rings (SSSR count). The van der Waals surface area contributed by atoms with E-state index in [1.165, 1.54) is 0 Å². The second-order valence-corrected chi connectivity index (χ2v) is 3.51. The zero-order chi connectivity index (χ0) is 12.8. The molecule has 1 aromatic heterocycles. The highest BCUT2D eigenvalue weighted by molar-refractivity contribution is 5.74. The summed E-state index contributed by atoms with van der Waals surface area (Å²) in [5, 5.41) is 18.7. The van der Waals surface area contributed by atoms with Gasteiger partial charge in [-0.25, -0.2) is 9.89 Å². The Hall–Kier alpha value is -2.12. The quantitative estimate of drug-likeness (QED) is 0.537. The minimum atomic E-state index is -1.31. The van der Waals surface area contributed by atoms with Crippen molar-refractivity contribution in [1.29, 1.82) is 0 Å². The first kappa shape index (κ1) is 12.9. The van der Waals surface area contributed by atoms with Gasteiger partial charge in [0.05, 0.1) is 12.0 Å². The van der Waals surface area contributed by atoms with E-state index in [1.54, 1.807) is 0 Å². The zero-order valence-electron chi connectivity index (χ0n) is 9.28. The maximum atomic E-state index is 11.3. The van der Waals surface area contributed by atoms with Gasteiger partial charge in [0, 0.05) is 0 Å². The molecule has 0 aliphatic rings. The molecule has 0 bridgehead atoms. The van der Waals surface area contributed by atoms with Gasteiger partial charge in [-0.1, -0.05) is 19.8 Å². The zero-order valence-corrected chi connectivity index (χ0v) is 9.28. The number of aromatic nitrogens is 3. The first-order valence-electron chi connectivity index (χ1n) is 5.21. The predicted molar refractivity (Wildman–Crippen MR) is 57.4 cm³/mol. The summed E-state index contributed by atoms with van der Waals surface area (Å²) in [7, 11) is 0. The summed E-state index contributed by atoms with van der Waals surface area (Å²) in [6, 6.07) is -1.01. The first-order chi connectivity index (χ1) is 8.04. The lowest BCUT2D eigenvalue weighted by molar-refractivity contribution is -0.306. The predicted octanol–water partition coefficient (Wildman–Crippen LogP) is -1.82. The van der Waals surface area contributed by atoms with Crippen LogP contribution in [0.4, 0.5) is 5.82 Å². The minimum Gasteiger partial charge on any atom is -0.548 e. The third-order valence-corrected chi connectivity index (χ3v) is 2.15. The number of H-pyrrole nitrogens is 2. The maximum Gasteiger partial charge on any atom is 0.342 e. The lowest BCUT2D eigenvalue weighted by Gasteiger charge is -2.18. The number of unbranched alkanes of at least 4 members (excludes halogenated alkanes) is 1. The van der Waals surface area contributed by atoms with Gasteiger partial charge in [0.15, 0.2) is 0 Å². The van der Waals surface area contributed by atoms with Gasteiger partial charge in [-0.3, -0.25) is 9.78 Å². The lowest BCUT2D eigenvalue weighted by atomic mass is 10.1. The van der Waals surface area contributed by atoms with Crippen LogP contribution >= 0.6 is 0 Å². The number of carboxylic acids is 1. The van der Waals surface area contributed by atoms with Crippen molar-refractivity contribution in [2.75, 3.05) is 5.32 Å². The Morgan fingerprint density at radius 2 is 2.24 bits per heavy atom. The van der Waals surface area contributed by atoms with Gasteiger partial charge in [0.25, 0.3) is 5.56 Å². The number of hydrogen-bond acceptors (Lipinski definition) is 6. The molecule has 3 N–H and O–H groups in total. The smallest absolute Gasteiger partial charge is 0.342 e. The van der Waals surface area contributed by atoms with Crippen molar-refractivity contribution in [2.45, 2.75) is 32.2 Å². The van der Waals surface area contributed by atoms with Crippen LogP contribution in [0.1, 0.15) is 26.2 Å². The summed E-state index contributed by atoms with van der Waals surface area (Å²) in [6.45, 7) is 1.91. The summed E-state index contributed by atoms with van der Waals surface area (Å²) in [5.74, 6) is -1.55. The summed E-state index contributed by atoms with van der Waals surface area (Å²) < 4.78 is 0. The van der Waals surface area contributed by atoms with Crippen molar-refractivity contribution in [3.63, 3.8) is 0 Å². The third kappa shape index (κ3) is 3.74. The molecule has 1 aromatic rings. The highest BCUT2D eigenvalue weighted by atomic mass is 16.4. The number of anilines is 1. The first-order valence-corrected chi connectivity index (χ1v) is 5.21. The van der Waals surface area contributed by atoms with E-state index in [-0.39, 0.29) is 5.82 Å². The largest absolute Gasteiger partial charge is 0.548 e. The van der Waals surface area contributed by atoms with Crippen LogP contribution in [0, 0.1) is 0 Å². The molecular formula is C9H13N4O4-. The number of nitrogens with one attached hydrogen (secondary N) is 3. The Balaban J connectivity index is 2.82. The van der Waals surface area contributed by atoms with Crippen LogP contribution in [0.3, 0.4) is 0 Å². The number of carbonyl (C=O) groups is 1. The molecule has 0 aromatic carbocycles. The van der Waals surface area contributed by atoms with Crippen molar-refractivity contribution in [2.24, 2.45) is 0 Å². The van der Waals surface area contributed by atoms with E-state index >= 15 is 0 Å². The molecule has 0 aliphatic carbocycles. The van der Waals surface area contributed by atoms with E-state index < -0.39 is 23.3 Å². The van der Waals surface area contributed by atoms with E-state index in [2.05, 4.69) is 10.4 Å². The third-order valence-electron chi connectivity index (χ3n) is 2.15. The number of aromatic amines is 2. The monoisotopic (exact) mass is 241 g/mol. The van der Waals surface area contributed by atoms with Gasteiger partial charge in [-0.2, -0.15) is 0 Å². The summed E-state index contributed by atoms with van der Waals surface area (Å²) >= 11 is 0. The molecule has 8 nitrogen and oxygen atoms in total. The fraction of sp³-hybridized carbons (Fsp3) is 0.556. The average molecular weight is 241 g/mol. The van der Waals surface area contributed by atoms with Gasteiger partial charge in [-0.05, 0) is 6.42 Å².